The van der Waals surface area contributed by atoms with Crippen LogP contribution in [0.25, 0.3) is 0 Å². The second kappa shape index (κ2) is 7.20. The maximum Gasteiger partial charge on any atom is 0.234 e. The van der Waals surface area contributed by atoms with Crippen molar-refractivity contribution < 1.29 is 9.90 Å². The number of aliphatic hydroxyl groups is 1. The molecule has 0 bridgehead atoms. The Kier molecular flexibility index (Phi) is 5.57. The average Bonchev–Trinajstić information content (AvgIpc) is 2.89. The number of likely N-dealkylation sites (tertiary alicyclic amines) is 1. The molecule has 1 aromatic rings. The van der Waals surface area contributed by atoms with Crippen molar-refractivity contribution in [3.8, 4) is 0 Å². The highest BCUT2D eigenvalue weighted by atomic mass is 32.1. The van der Waals surface area contributed by atoms with E-state index in [1.807, 2.05) is 16.3 Å². The molecule has 2 rings (SSSR count). The molecule has 112 valence electrons. The maximum atomic E-state index is 12.2. The Morgan fingerprint density at radius 3 is 3.00 bits per heavy atom. The van der Waals surface area contributed by atoms with Gasteiger partial charge in [0.05, 0.1) is 18.7 Å². The monoisotopic (exact) mass is 296 g/mol. The third-order valence-corrected chi connectivity index (χ3v) is 4.64. The Hall–Kier alpha value is -0.910. The van der Waals surface area contributed by atoms with Crippen LogP contribution < -0.4 is 5.32 Å². The molecular weight excluding hydrogens is 272 g/mol. The first kappa shape index (κ1) is 15.5. The van der Waals surface area contributed by atoms with Crippen molar-refractivity contribution in [2.45, 2.75) is 38.8 Å². The first-order chi connectivity index (χ1) is 9.56. The second-order valence-electron chi connectivity index (χ2n) is 5.84. The summed E-state index contributed by atoms with van der Waals surface area (Å²) >= 11 is 1.68. The van der Waals surface area contributed by atoms with Gasteiger partial charge in [0.1, 0.15) is 0 Å². The molecule has 0 aromatic carbocycles. The molecule has 0 aliphatic carbocycles. The summed E-state index contributed by atoms with van der Waals surface area (Å²) in [4.78, 5) is 15.4. The largest absolute Gasteiger partial charge is 0.392 e. The van der Waals surface area contributed by atoms with Gasteiger partial charge in [-0.2, -0.15) is 0 Å². The van der Waals surface area contributed by atoms with Crippen LogP contribution in [0.1, 0.15) is 37.6 Å². The van der Waals surface area contributed by atoms with Crippen molar-refractivity contribution in [1.29, 1.82) is 0 Å². The number of rotatable bonds is 5. The van der Waals surface area contributed by atoms with E-state index in [-0.39, 0.29) is 18.1 Å². The number of β-amino-alcohol motifs (C(OH)–C–C–N with tert-alkyl or cyclic N) is 1. The van der Waals surface area contributed by atoms with Gasteiger partial charge in [0.2, 0.25) is 5.91 Å². The van der Waals surface area contributed by atoms with Crippen molar-refractivity contribution in [3.63, 3.8) is 0 Å². The van der Waals surface area contributed by atoms with Crippen molar-refractivity contribution >= 4 is 17.2 Å². The van der Waals surface area contributed by atoms with Crippen molar-refractivity contribution in [1.82, 2.24) is 10.2 Å². The number of nitrogens with zero attached hydrogens (tertiary/aromatic N) is 1. The van der Waals surface area contributed by atoms with Crippen molar-refractivity contribution in [2.75, 3.05) is 19.6 Å². The van der Waals surface area contributed by atoms with E-state index < -0.39 is 0 Å². The van der Waals surface area contributed by atoms with E-state index in [1.54, 1.807) is 11.3 Å². The number of aliphatic hydroxyl groups excluding tert-OH is 1. The van der Waals surface area contributed by atoms with Crippen LogP contribution in [0.4, 0.5) is 0 Å². The van der Waals surface area contributed by atoms with Crippen LogP contribution >= 0.6 is 11.3 Å². The molecule has 1 aliphatic rings. The molecular formula is C15H24N2O2S. The highest BCUT2D eigenvalue weighted by Crippen LogP contribution is 2.25. The zero-order valence-electron chi connectivity index (χ0n) is 12.2. The third kappa shape index (κ3) is 4.30. The van der Waals surface area contributed by atoms with Crippen LogP contribution in [-0.2, 0) is 4.79 Å². The summed E-state index contributed by atoms with van der Waals surface area (Å²) in [6, 6.07) is 4.17. The summed E-state index contributed by atoms with van der Waals surface area (Å²) in [5.74, 6) is 0.413. The molecule has 1 saturated heterocycles. The number of carbonyl (C=O) groups is 1. The highest BCUT2D eigenvalue weighted by molar-refractivity contribution is 7.10. The quantitative estimate of drug-likeness (QED) is 0.874. The Labute approximate surface area is 124 Å². The van der Waals surface area contributed by atoms with E-state index in [0.29, 0.717) is 19.0 Å². The van der Waals surface area contributed by atoms with Gasteiger partial charge in [0, 0.05) is 11.4 Å². The van der Waals surface area contributed by atoms with Gasteiger partial charge in [-0.15, -0.1) is 11.3 Å². The molecule has 2 heterocycles. The van der Waals surface area contributed by atoms with Gasteiger partial charge >= 0.3 is 0 Å². The van der Waals surface area contributed by atoms with Crippen LogP contribution in [0.2, 0.25) is 0 Å². The number of carbonyl (C=O) groups excluding carboxylic acids is 1. The van der Waals surface area contributed by atoms with E-state index in [4.69, 9.17) is 0 Å². The number of thiophene rings is 1. The van der Waals surface area contributed by atoms with Crippen LogP contribution in [0.5, 0.6) is 0 Å². The first-order valence-corrected chi connectivity index (χ1v) is 8.17. The summed E-state index contributed by atoms with van der Waals surface area (Å²) < 4.78 is 0. The van der Waals surface area contributed by atoms with Crippen molar-refractivity contribution in [3.05, 3.63) is 22.4 Å². The fraction of sp³-hybridized carbons (Fsp3) is 0.667. The van der Waals surface area contributed by atoms with Gasteiger partial charge in [0.15, 0.2) is 0 Å². The van der Waals surface area contributed by atoms with Gasteiger partial charge in [-0.25, -0.2) is 0 Å². The Balaban J connectivity index is 1.88. The van der Waals surface area contributed by atoms with Crippen LogP contribution in [0.15, 0.2) is 17.5 Å². The molecule has 0 radical (unpaired) electrons. The number of amides is 1. The van der Waals surface area contributed by atoms with Gasteiger partial charge in [-0.1, -0.05) is 19.9 Å². The fourth-order valence-electron chi connectivity index (χ4n) is 2.63. The number of piperidine rings is 1. The highest BCUT2D eigenvalue weighted by Gasteiger charge is 2.23. The molecule has 2 unspecified atom stereocenters. The Morgan fingerprint density at radius 1 is 1.60 bits per heavy atom. The summed E-state index contributed by atoms with van der Waals surface area (Å²) in [7, 11) is 0. The lowest BCUT2D eigenvalue weighted by Crippen LogP contribution is -2.45. The zero-order valence-corrected chi connectivity index (χ0v) is 13.0. The predicted octanol–water partition coefficient (Wildman–Crippen LogP) is 2.02. The molecule has 1 aromatic heterocycles. The summed E-state index contributed by atoms with van der Waals surface area (Å²) in [6.45, 7) is 6.13. The lowest BCUT2D eigenvalue weighted by atomic mass is 10.0. The van der Waals surface area contributed by atoms with E-state index >= 15 is 0 Å². The predicted molar refractivity (Wildman–Crippen MR) is 81.7 cm³/mol. The number of hydrogen-bond acceptors (Lipinski definition) is 4. The standard InChI is InChI=1S/C15H24N2O2S/c1-11(2)15(13-6-4-8-20-13)16-14(19)10-17-7-3-5-12(18)9-17/h4,6,8,11-12,15,18H,3,5,7,9-10H2,1-2H3,(H,16,19). The van der Waals surface area contributed by atoms with Crippen LogP contribution in [0.3, 0.4) is 0 Å². The van der Waals surface area contributed by atoms with Crippen LogP contribution in [0, 0.1) is 5.92 Å². The lowest BCUT2D eigenvalue weighted by molar-refractivity contribution is -0.124. The molecule has 0 saturated carbocycles. The minimum Gasteiger partial charge on any atom is -0.392 e. The first-order valence-electron chi connectivity index (χ1n) is 7.29. The van der Waals surface area contributed by atoms with E-state index in [2.05, 4.69) is 25.2 Å². The maximum absolute atomic E-state index is 12.2. The smallest absolute Gasteiger partial charge is 0.234 e. The molecule has 1 aliphatic heterocycles. The fourth-order valence-corrected chi connectivity index (χ4v) is 3.58. The SMILES string of the molecule is CC(C)C(NC(=O)CN1CCCC(O)C1)c1cccs1. The van der Waals surface area contributed by atoms with Crippen LogP contribution in [-0.4, -0.2) is 41.7 Å². The number of hydrogen-bond donors (Lipinski definition) is 2. The average molecular weight is 296 g/mol. The Bertz CT molecular complexity index is 420. The van der Waals surface area contributed by atoms with Gasteiger partial charge in [-0.3, -0.25) is 9.69 Å². The summed E-state index contributed by atoms with van der Waals surface area (Å²) in [6.07, 6.45) is 1.53. The minimum absolute atomic E-state index is 0.0474. The molecule has 1 amide bonds. The summed E-state index contributed by atoms with van der Waals surface area (Å²) in [5.41, 5.74) is 0. The molecule has 2 N–H and O–H groups in total. The minimum atomic E-state index is -0.283. The summed E-state index contributed by atoms with van der Waals surface area (Å²) in [5, 5.41) is 14.8. The Morgan fingerprint density at radius 2 is 2.40 bits per heavy atom. The van der Waals surface area contributed by atoms with E-state index in [9.17, 15) is 9.90 Å². The molecule has 0 spiro atoms. The lowest BCUT2D eigenvalue weighted by Gasteiger charge is -2.30. The molecule has 2 atom stereocenters. The molecule has 20 heavy (non-hydrogen) atoms. The van der Waals surface area contributed by atoms with Crippen molar-refractivity contribution in [2.24, 2.45) is 5.92 Å². The zero-order chi connectivity index (χ0) is 14.5. The third-order valence-electron chi connectivity index (χ3n) is 3.68. The van der Waals surface area contributed by atoms with Gasteiger partial charge in [-0.05, 0) is 36.8 Å². The van der Waals surface area contributed by atoms with E-state index in [1.165, 1.54) is 4.88 Å². The normalized spacial score (nSPS) is 21.9. The molecule has 5 heteroatoms. The van der Waals surface area contributed by atoms with Gasteiger partial charge in [0.25, 0.3) is 0 Å². The van der Waals surface area contributed by atoms with E-state index in [0.717, 1.165) is 19.4 Å². The topological polar surface area (TPSA) is 52.6 Å². The number of nitrogens with one attached hydrogen (secondary N) is 1. The van der Waals surface area contributed by atoms with Gasteiger partial charge < -0.3 is 10.4 Å². The molecule has 1 fully saturated rings. The second-order valence-corrected chi connectivity index (χ2v) is 6.82. The molecule has 4 nitrogen and oxygen atoms in total.